The number of ether oxygens (including phenoxy) is 1. The summed E-state index contributed by atoms with van der Waals surface area (Å²) in [5.74, 6) is -8.23. The SMILES string of the molecule is CC(=O)N[C@H]1[C@H]([C@H](O)[C@H](O)CO)OC(C(=O)N[C@@H](CCC(=O)O)C(=O)O)=C[C@@H]1N=C(N)N.O=C(O)C(F)(F)F. The number of aliphatic hydroxyl groups excluding tert-OH is 3. The summed E-state index contributed by atoms with van der Waals surface area (Å²) in [4.78, 5) is 59.1. The summed E-state index contributed by atoms with van der Waals surface area (Å²) < 4.78 is 37.2. The molecule has 12 N–H and O–H groups in total. The molecule has 0 aromatic rings. The van der Waals surface area contributed by atoms with Gasteiger partial charge >= 0.3 is 24.1 Å². The maximum atomic E-state index is 12.6. The minimum absolute atomic E-state index is 0.426. The van der Waals surface area contributed by atoms with E-state index in [2.05, 4.69) is 15.6 Å². The van der Waals surface area contributed by atoms with Gasteiger partial charge in [-0.1, -0.05) is 0 Å². The molecule has 2 amide bonds. The number of carboxylic acid groups (broad SMARTS) is 3. The molecule has 20 heteroatoms. The third-order valence-corrected chi connectivity index (χ3v) is 4.61. The van der Waals surface area contributed by atoms with E-state index in [1.807, 2.05) is 0 Å². The number of hydrogen-bond acceptors (Lipinski definition) is 10. The second-order valence-corrected chi connectivity index (χ2v) is 7.72. The van der Waals surface area contributed by atoms with Crippen molar-refractivity contribution in [2.24, 2.45) is 16.5 Å². The predicted octanol–water partition coefficient (Wildman–Crippen LogP) is -3.80. The van der Waals surface area contributed by atoms with Crippen LogP contribution in [0.4, 0.5) is 13.2 Å². The first-order valence-electron chi connectivity index (χ1n) is 10.6. The molecule has 0 unspecified atom stereocenters. The van der Waals surface area contributed by atoms with Crippen LogP contribution in [0.5, 0.6) is 0 Å². The molecule has 17 nitrogen and oxygen atoms in total. The van der Waals surface area contributed by atoms with Crippen molar-refractivity contribution in [2.75, 3.05) is 6.61 Å². The molecule has 1 aliphatic heterocycles. The lowest BCUT2D eigenvalue weighted by molar-refractivity contribution is -0.192. The van der Waals surface area contributed by atoms with Crippen LogP contribution in [-0.4, -0.2) is 116 Å². The lowest BCUT2D eigenvalue weighted by atomic mass is 9.92. The summed E-state index contributed by atoms with van der Waals surface area (Å²) in [6.45, 7) is 0.257. The van der Waals surface area contributed by atoms with Gasteiger partial charge in [-0.15, -0.1) is 0 Å². The molecule has 0 saturated heterocycles. The smallest absolute Gasteiger partial charge is 0.481 e. The minimum Gasteiger partial charge on any atom is -0.481 e. The lowest BCUT2D eigenvalue weighted by Crippen LogP contribution is -2.60. The fraction of sp³-hybridized carbons (Fsp3) is 0.579. The van der Waals surface area contributed by atoms with Gasteiger partial charge in [-0.25, -0.2) is 14.6 Å². The van der Waals surface area contributed by atoms with Crippen LogP contribution >= 0.6 is 0 Å². The zero-order valence-corrected chi connectivity index (χ0v) is 20.0. The summed E-state index contributed by atoms with van der Waals surface area (Å²) in [7, 11) is 0. The van der Waals surface area contributed by atoms with Crippen molar-refractivity contribution in [1.29, 1.82) is 0 Å². The van der Waals surface area contributed by atoms with Gasteiger partial charge in [-0.2, -0.15) is 13.2 Å². The third-order valence-electron chi connectivity index (χ3n) is 4.61. The number of hydrogen-bond donors (Lipinski definition) is 10. The molecule has 0 saturated carbocycles. The first kappa shape index (κ1) is 34.8. The summed E-state index contributed by atoms with van der Waals surface area (Å²) in [6.07, 6.45) is -10.1. The van der Waals surface area contributed by atoms with Gasteiger partial charge in [0.05, 0.1) is 18.7 Å². The number of nitrogens with one attached hydrogen (secondary N) is 2. The van der Waals surface area contributed by atoms with Gasteiger partial charge < -0.3 is 57.5 Å². The molecule has 39 heavy (non-hydrogen) atoms. The molecule has 0 radical (unpaired) electrons. The average molecular weight is 575 g/mol. The highest BCUT2D eigenvalue weighted by Crippen LogP contribution is 2.25. The number of aliphatic carboxylic acids is 3. The highest BCUT2D eigenvalue weighted by molar-refractivity contribution is 5.94. The van der Waals surface area contributed by atoms with Gasteiger partial charge in [-0.3, -0.25) is 14.4 Å². The first-order valence-corrected chi connectivity index (χ1v) is 10.6. The molecular weight excluding hydrogens is 547 g/mol. The van der Waals surface area contributed by atoms with Crippen LogP contribution in [0.15, 0.2) is 16.8 Å². The van der Waals surface area contributed by atoms with E-state index < -0.39 is 104 Å². The van der Waals surface area contributed by atoms with Crippen molar-refractivity contribution in [3.8, 4) is 0 Å². The maximum Gasteiger partial charge on any atom is 0.490 e. The van der Waals surface area contributed by atoms with Gasteiger partial charge in [0.25, 0.3) is 5.91 Å². The zero-order chi connectivity index (χ0) is 30.7. The lowest BCUT2D eigenvalue weighted by Gasteiger charge is -2.39. The molecule has 1 aliphatic rings. The van der Waals surface area contributed by atoms with Crippen molar-refractivity contribution in [1.82, 2.24) is 10.6 Å². The summed E-state index contributed by atoms with van der Waals surface area (Å²) in [5, 5.41) is 58.9. The maximum absolute atomic E-state index is 12.6. The van der Waals surface area contributed by atoms with Gasteiger partial charge in [0.2, 0.25) is 5.91 Å². The third kappa shape index (κ3) is 12.3. The quantitative estimate of drug-likeness (QED) is 0.0834. The molecule has 222 valence electrons. The van der Waals surface area contributed by atoms with E-state index in [0.29, 0.717) is 0 Å². The van der Waals surface area contributed by atoms with Crippen molar-refractivity contribution in [2.45, 2.75) is 62.4 Å². The number of amides is 2. The zero-order valence-electron chi connectivity index (χ0n) is 20.0. The Morgan fingerprint density at radius 3 is 2.05 bits per heavy atom. The number of carboxylic acids is 3. The fourth-order valence-corrected chi connectivity index (χ4v) is 2.90. The molecule has 0 aromatic carbocycles. The molecule has 0 bridgehead atoms. The van der Waals surface area contributed by atoms with Gasteiger partial charge in [0.1, 0.15) is 24.4 Å². The molecule has 1 heterocycles. The number of guanidine groups is 1. The molecule has 1 rings (SSSR count). The Bertz CT molecular complexity index is 970. The Morgan fingerprint density at radius 2 is 1.67 bits per heavy atom. The molecule has 0 fully saturated rings. The number of nitrogens with two attached hydrogens (primary N) is 2. The average Bonchev–Trinajstić information content (AvgIpc) is 2.80. The van der Waals surface area contributed by atoms with Crippen LogP contribution in [-0.2, 0) is 28.7 Å². The first-order chi connectivity index (χ1) is 17.8. The van der Waals surface area contributed by atoms with E-state index in [-0.39, 0.29) is 0 Å². The predicted molar refractivity (Wildman–Crippen MR) is 119 cm³/mol. The molecule has 0 spiro atoms. The number of aliphatic hydroxyl groups is 3. The minimum atomic E-state index is -5.08. The Morgan fingerprint density at radius 1 is 1.13 bits per heavy atom. The van der Waals surface area contributed by atoms with E-state index in [1.165, 1.54) is 0 Å². The van der Waals surface area contributed by atoms with Gasteiger partial charge in [0, 0.05) is 13.3 Å². The van der Waals surface area contributed by atoms with Crippen LogP contribution in [0.3, 0.4) is 0 Å². The Balaban J connectivity index is 0.00000181. The summed E-state index contributed by atoms with van der Waals surface area (Å²) >= 11 is 0. The van der Waals surface area contributed by atoms with Crippen LogP contribution in [0, 0.1) is 0 Å². The Labute approximate surface area is 216 Å². The molecular formula is C19H28F3N5O12. The monoisotopic (exact) mass is 575 g/mol. The second-order valence-electron chi connectivity index (χ2n) is 7.72. The standard InChI is InChI=1S/C17H27N5O10.C2HF3O2/c1-6(24)20-12-8(22-17(18)19)4-10(32-14(12)13(28)9(25)5-23)15(29)21-7(16(30)31)2-3-11(26)27;3-2(4,5)1(6)7/h4,7-9,12-14,23,25,28H,2-3,5H2,1H3,(H,20,24)(H,21,29)(H,26,27)(H,30,31)(H4,18,19,22);(H,6,7)/t7-,8-,9+,12+,13+,14+;/m0./s1. The highest BCUT2D eigenvalue weighted by atomic mass is 19.4. The van der Waals surface area contributed by atoms with Crippen LogP contribution < -0.4 is 22.1 Å². The van der Waals surface area contributed by atoms with E-state index in [0.717, 1.165) is 13.0 Å². The van der Waals surface area contributed by atoms with Crippen molar-refractivity contribution >= 4 is 35.7 Å². The topological polar surface area (TPSA) is 304 Å². The van der Waals surface area contributed by atoms with E-state index in [1.54, 1.807) is 0 Å². The summed E-state index contributed by atoms with van der Waals surface area (Å²) in [6, 6.07) is -3.96. The van der Waals surface area contributed by atoms with Crippen molar-refractivity contribution in [3.63, 3.8) is 0 Å². The number of aliphatic imine (C=N–C) groups is 1. The number of nitrogens with zero attached hydrogens (tertiary/aromatic N) is 1. The number of alkyl halides is 3. The van der Waals surface area contributed by atoms with Crippen LogP contribution in [0.25, 0.3) is 0 Å². The number of halogens is 3. The number of carbonyl (C=O) groups excluding carboxylic acids is 2. The second kappa shape index (κ2) is 15.3. The molecule has 0 aromatic heterocycles. The van der Waals surface area contributed by atoms with Gasteiger partial charge in [0.15, 0.2) is 11.7 Å². The molecule has 0 aliphatic carbocycles. The normalized spacial score (nSPS) is 20.8. The van der Waals surface area contributed by atoms with E-state index in [4.69, 9.17) is 36.3 Å². The number of rotatable bonds is 11. The van der Waals surface area contributed by atoms with Crippen molar-refractivity contribution in [3.05, 3.63) is 11.8 Å². The van der Waals surface area contributed by atoms with E-state index >= 15 is 0 Å². The molecule has 6 atom stereocenters. The highest BCUT2D eigenvalue weighted by Gasteiger charge is 2.44. The van der Waals surface area contributed by atoms with E-state index in [9.17, 15) is 47.7 Å². The van der Waals surface area contributed by atoms with Crippen molar-refractivity contribution < 1.29 is 72.5 Å². The summed E-state index contributed by atoms with van der Waals surface area (Å²) in [5.41, 5.74) is 10.8. The number of carbonyl (C=O) groups is 5. The Kier molecular flexibility index (Phi) is 13.7. The fourth-order valence-electron chi connectivity index (χ4n) is 2.90. The van der Waals surface area contributed by atoms with Gasteiger partial charge in [-0.05, 0) is 12.5 Å². The Hall–Kier alpha value is -4.17. The van der Waals surface area contributed by atoms with Crippen LogP contribution in [0.2, 0.25) is 0 Å². The largest absolute Gasteiger partial charge is 0.490 e. The van der Waals surface area contributed by atoms with Crippen LogP contribution in [0.1, 0.15) is 19.8 Å².